The van der Waals surface area contributed by atoms with Crippen molar-refractivity contribution in [2.24, 2.45) is 17.8 Å². The van der Waals surface area contributed by atoms with Gasteiger partial charge in [0.25, 0.3) is 0 Å². The molecule has 0 saturated heterocycles. The number of benzene rings is 1. The number of fused-ring (bicyclic) bond motifs is 1. The van der Waals surface area contributed by atoms with Crippen LogP contribution < -0.4 is 4.74 Å². The molecule has 0 bridgehead atoms. The molecule has 1 aromatic carbocycles. The van der Waals surface area contributed by atoms with Crippen LogP contribution in [0, 0.1) is 17.8 Å². The fourth-order valence-electron chi connectivity index (χ4n) is 5.48. The Morgan fingerprint density at radius 3 is 2.24 bits per heavy atom. The molecule has 158 valence electrons. The van der Waals surface area contributed by atoms with Gasteiger partial charge in [-0.15, -0.1) is 11.3 Å². The van der Waals surface area contributed by atoms with E-state index in [0.717, 1.165) is 36.0 Å². The summed E-state index contributed by atoms with van der Waals surface area (Å²) in [7, 11) is 0. The molecule has 2 aromatic rings. The van der Waals surface area contributed by atoms with Crippen LogP contribution in [0.15, 0.2) is 36.4 Å². The molecule has 2 saturated carbocycles. The number of hydrogen-bond donors (Lipinski definition) is 0. The third kappa shape index (κ3) is 5.45. The molecule has 0 spiro atoms. The lowest BCUT2D eigenvalue weighted by Gasteiger charge is -2.28. The Hall–Kier alpha value is -1.28. The van der Waals surface area contributed by atoms with Gasteiger partial charge in [-0.1, -0.05) is 31.9 Å². The Labute approximate surface area is 181 Å². The first-order valence-electron chi connectivity index (χ1n) is 12.1. The van der Waals surface area contributed by atoms with Gasteiger partial charge in [0, 0.05) is 9.58 Å². The lowest BCUT2D eigenvalue weighted by atomic mass is 9.78. The predicted octanol–water partition coefficient (Wildman–Crippen LogP) is 8.74. The monoisotopic (exact) mass is 410 g/mol. The minimum Gasteiger partial charge on any atom is -0.494 e. The summed E-state index contributed by atoms with van der Waals surface area (Å²) >= 11 is 1.99. The maximum Gasteiger partial charge on any atom is 0.120 e. The van der Waals surface area contributed by atoms with E-state index in [9.17, 15) is 0 Å². The number of thiophene rings is 1. The third-order valence-electron chi connectivity index (χ3n) is 7.24. The quantitative estimate of drug-likeness (QED) is 0.415. The van der Waals surface area contributed by atoms with Crippen LogP contribution in [0.2, 0.25) is 0 Å². The van der Waals surface area contributed by atoms with Crippen molar-refractivity contribution in [1.82, 2.24) is 0 Å². The Kier molecular flexibility index (Phi) is 7.34. The standard InChI is InChI=1S/C27H38OS/c1-3-5-20-6-8-21(9-7-20)10-11-22-12-14-23(15-13-22)26-18-24-16-17-25(28-4-2)19-27(24)29-26/h10-11,16-23H,3-9,12-15H2,1-2H3/b11-10+. The van der Waals surface area contributed by atoms with Crippen LogP contribution >= 0.6 is 11.3 Å². The zero-order valence-corrected chi connectivity index (χ0v) is 19.2. The summed E-state index contributed by atoms with van der Waals surface area (Å²) in [6, 6.07) is 8.99. The van der Waals surface area contributed by atoms with E-state index in [-0.39, 0.29) is 0 Å². The van der Waals surface area contributed by atoms with E-state index < -0.39 is 0 Å². The average molecular weight is 411 g/mol. The highest BCUT2D eigenvalue weighted by Crippen LogP contribution is 2.42. The average Bonchev–Trinajstić information content (AvgIpc) is 3.18. The first-order chi connectivity index (χ1) is 14.2. The second kappa shape index (κ2) is 10.2. The van der Waals surface area contributed by atoms with Gasteiger partial charge in [0.15, 0.2) is 0 Å². The van der Waals surface area contributed by atoms with Crippen molar-refractivity contribution in [2.75, 3.05) is 6.61 Å². The van der Waals surface area contributed by atoms with E-state index in [1.807, 2.05) is 18.3 Å². The maximum atomic E-state index is 5.68. The highest BCUT2D eigenvalue weighted by atomic mass is 32.1. The molecule has 0 atom stereocenters. The van der Waals surface area contributed by atoms with Crippen molar-refractivity contribution in [3.05, 3.63) is 41.3 Å². The van der Waals surface area contributed by atoms with Gasteiger partial charge in [-0.05, 0) is 112 Å². The number of ether oxygens (including phenoxy) is 1. The lowest BCUT2D eigenvalue weighted by Crippen LogP contribution is -2.14. The summed E-state index contributed by atoms with van der Waals surface area (Å²) in [4.78, 5) is 1.59. The van der Waals surface area contributed by atoms with Crippen LogP contribution in [0.3, 0.4) is 0 Å². The molecule has 1 nitrogen and oxygen atoms in total. The van der Waals surface area contributed by atoms with Crippen LogP contribution in [0.5, 0.6) is 5.75 Å². The lowest BCUT2D eigenvalue weighted by molar-refractivity contribution is 0.292. The Balaban J connectivity index is 1.28. The summed E-state index contributed by atoms with van der Waals surface area (Å²) in [5.41, 5.74) is 0. The fraction of sp³-hybridized carbons (Fsp3) is 0.630. The molecule has 4 rings (SSSR count). The number of hydrogen-bond acceptors (Lipinski definition) is 2. The molecule has 2 heteroatoms. The second-order valence-corrected chi connectivity index (χ2v) is 10.5. The number of rotatable bonds is 7. The molecule has 2 aliphatic carbocycles. The van der Waals surface area contributed by atoms with Gasteiger partial charge in [0.2, 0.25) is 0 Å². The predicted molar refractivity (Wildman–Crippen MR) is 127 cm³/mol. The van der Waals surface area contributed by atoms with Crippen molar-refractivity contribution in [1.29, 1.82) is 0 Å². The molecular weight excluding hydrogens is 372 g/mol. The fourth-order valence-corrected chi connectivity index (χ4v) is 6.74. The van der Waals surface area contributed by atoms with E-state index in [1.54, 1.807) is 4.88 Å². The molecular formula is C27H38OS. The van der Waals surface area contributed by atoms with Gasteiger partial charge < -0.3 is 4.74 Å². The van der Waals surface area contributed by atoms with E-state index >= 15 is 0 Å². The summed E-state index contributed by atoms with van der Waals surface area (Å²) < 4.78 is 7.06. The third-order valence-corrected chi connectivity index (χ3v) is 8.50. The summed E-state index contributed by atoms with van der Waals surface area (Å²) in [6.45, 7) is 5.12. The van der Waals surface area contributed by atoms with E-state index in [4.69, 9.17) is 4.74 Å². The van der Waals surface area contributed by atoms with Crippen LogP contribution in [-0.2, 0) is 0 Å². The summed E-state index contributed by atoms with van der Waals surface area (Å²) in [5.74, 6) is 4.47. The van der Waals surface area contributed by atoms with Gasteiger partial charge in [-0.3, -0.25) is 0 Å². The van der Waals surface area contributed by atoms with Gasteiger partial charge in [-0.25, -0.2) is 0 Å². The molecule has 29 heavy (non-hydrogen) atoms. The molecule has 0 aliphatic heterocycles. The van der Waals surface area contributed by atoms with Gasteiger partial charge in [0.05, 0.1) is 6.61 Å². The van der Waals surface area contributed by atoms with Gasteiger partial charge in [0.1, 0.15) is 5.75 Å². The van der Waals surface area contributed by atoms with E-state index in [1.165, 1.54) is 74.3 Å². The molecule has 2 aliphatic rings. The highest BCUT2D eigenvalue weighted by molar-refractivity contribution is 7.19. The number of allylic oxidation sites excluding steroid dienone is 2. The van der Waals surface area contributed by atoms with E-state index in [0.29, 0.717) is 0 Å². The minimum absolute atomic E-state index is 0.738. The Morgan fingerprint density at radius 2 is 1.59 bits per heavy atom. The second-order valence-electron chi connectivity index (χ2n) is 9.35. The van der Waals surface area contributed by atoms with E-state index in [2.05, 4.69) is 43.3 Å². The SMILES string of the molecule is CCCC1CCC(/C=C/C2CCC(c3cc4ccc(OCC)cc4s3)CC2)CC1. The first-order valence-corrected chi connectivity index (χ1v) is 12.9. The molecule has 0 radical (unpaired) electrons. The molecule has 1 heterocycles. The van der Waals surface area contributed by atoms with Crippen LogP contribution in [0.1, 0.15) is 88.9 Å². The zero-order valence-electron chi connectivity index (χ0n) is 18.4. The highest BCUT2D eigenvalue weighted by Gasteiger charge is 2.23. The van der Waals surface area contributed by atoms with Crippen LogP contribution in [0.4, 0.5) is 0 Å². The van der Waals surface area contributed by atoms with Crippen molar-refractivity contribution >= 4 is 21.4 Å². The topological polar surface area (TPSA) is 9.23 Å². The largest absolute Gasteiger partial charge is 0.494 e. The zero-order chi connectivity index (χ0) is 20.1. The molecule has 0 N–H and O–H groups in total. The summed E-state index contributed by atoms with van der Waals surface area (Å²) in [6.07, 6.45) is 19.2. The molecule has 0 amide bonds. The Morgan fingerprint density at radius 1 is 0.897 bits per heavy atom. The first kappa shape index (κ1) is 21.0. The molecule has 0 unspecified atom stereocenters. The maximum absolute atomic E-state index is 5.68. The Bertz CT molecular complexity index is 788. The smallest absolute Gasteiger partial charge is 0.120 e. The van der Waals surface area contributed by atoms with Crippen molar-refractivity contribution in [2.45, 2.75) is 84.0 Å². The van der Waals surface area contributed by atoms with Gasteiger partial charge in [-0.2, -0.15) is 0 Å². The van der Waals surface area contributed by atoms with Crippen molar-refractivity contribution in [3.63, 3.8) is 0 Å². The van der Waals surface area contributed by atoms with Crippen molar-refractivity contribution < 1.29 is 4.74 Å². The normalized spacial score (nSPS) is 28.2. The van der Waals surface area contributed by atoms with Gasteiger partial charge >= 0.3 is 0 Å². The summed E-state index contributed by atoms with van der Waals surface area (Å²) in [5, 5.41) is 1.38. The van der Waals surface area contributed by atoms with Crippen molar-refractivity contribution in [3.8, 4) is 5.75 Å². The minimum atomic E-state index is 0.738. The van der Waals surface area contributed by atoms with Crippen LogP contribution in [-0.4, -0.2) is 6.61 Å². The molecule has 1 aromatic heterocycles. The van der Waals surface area contributed by atoms with Crippen LogP contribution in [0.25, 0.3) is 10.1 Å². The molecule has 2 fully saturated rings.